The van der Waals surface area contributed by atoms with E-state index in [4.69, 9.17) is 0 Å². The van der Waals surface area contributed by atoms with E-state index in [1.807, 2.05) is 77.0 Å². The number of aromatic nitrogens is 5. The van der Waals surface area contributed by atoms with Gasteiger partial charge in [0.2, 0.25) is 11.8 Å². The van der Waals surface area contributed by atoms with Crippen molar-refractivity contribution in [2.24, 2.45) is 13.0 Å². The van der Waals surface area contributed by atoms with Crippen molar-refractivity contribution < 1.29 is 24.0 Å². The number of likely N-dealkylation sites (tertiary alicyclic amines) is 1. The third-order valence-electron chi connectivity index (χ3n) is 13.2. The number of hydrogen-bond donors (Lipinski definition) is 2. The van der Waals surface area contributed by atoms with Gasteiger partial charge in [0.25, 0.3) is 5.91 Å². The summed E-state index contributed by atoms with van der Waals surface area (Å²) in [5.74, 6) is 1.86. The van der Waals surface area contributed by atoms with Crippen LogP contribution in [0, 0.1) is 5.92 Å². The molecule has 352 valence electrons. The highest BCUT2D eigenvalue weighted by molar-refractivity contribution is 6.00. The van der Waals surface area contributed by atoms with Crippen molar-refractivity contribution in [2.45, 2.75) is 77.9 Å². The molecule has 0 spiro atoms. The number of hydrogen-bond acceptors (Lipinski definition) is 13. The minimum atomic E-state index is -0.377. The van der Waals surface area contributed by atoms with Gasteiger partial charge in [0, 0.05) is 93.5 Å². The van der Waals surface area contributed by atoms with Crippen molar-refractivity contribution in [2.75, 3.05) is 63.1 Å². The van der Waals surface area contributed by atoms with Gasteiger partial charge in [-0.3, -0.25) is 39.1 Å². The van der Waals surface area contributed by atoms with Crippen LogP contribution in [0.25, 0.3) is 11.5 Å². The lowest BCUT2D eigenvalue weighted by Gasteiger charge is -2.37. The standard InChI is InChI=1S/C35H47N5O4.C16H16N6O/c1-3-26-6-4-8-28(22-26)35(44)40-16-13-27(14-17-40)7-5-15-38-18-20-39(21-19-38)31-10-9-29(25-41)30(23-31)24-37(2)32-11-12-33(42)36-34(32)43;1-11(23)12-4-3-5-13(8-12)18-9-15-20-21-16(22(15)2)14-6-7-17-10-19-14/h4,6,8-10,22-23,25,27,32H,3,5,7,11-21,24H2,1-2H3,(H,36,42,43);3-8,10,18H,9H2,1-2H3. The fourth-order valence-corrected chi connectivity index (χ4v) is 9.08. The van der Waals surface area contributed by atoms with Gasteiger partial charge < -0.3 is 19.7 Å². The van der Waals surface area contributed by atoms with E-state index >= 15 is 0 Å². The number of aldehydes is 1. The molecule has 3 fully saturated rings. The van der Waals surface area contributed by atoms with Crippen LogP contribution in [-0.4, -0.2) is 128 Å². The molecule has 3 aliphatic rings. The number of aryl methyl sites for hydroxylation is 1. The maximum atomic E-state index is 13.0. The summed E-state index contributed by atoms with van der Waals surface area (Å²) in [6.45, 7) is 11.3. The SMILES string of the molecule is CC(=O)c1cccc(NCc2nnc(-c3ccncn3)n2C)c1.CCc1cccc(C(=O)N2CCC(CCCN3CCN(c4ccc(C=O)c(CN(C)C5CCC(=O)NC5=O)c4)CC3)CC2)c1. The summed E-state index contributed by atoms with van der Waals surface area (Å²) in [4.78, 5) is 77.0. The van der Waals surface area contributed by atoms with Gasteiger partial charge in [-0.05, 0) is 125 Å². The van der Waals surface area contributed by atoms with E-state index in [-0.39, 0.29) is 29.5 Å². The zero-order valence-electron chi connectivity index (χ0n) is 39.2. The van der Waals surface area contributed by atoms with Crippen LogP contribution >= 0.6 is 0 Å². The van der Waals surface area contributed by atoms with E-state index in [2.05, 4.69) is 59.7 Å². The molecule has 0 aliphatic carbocycles. The second kappa shape index (κ2) is 23.2. The number of imide groups is 1. The molecule has 0 radical (unpaired) electrons. The maximum absolute atomic E-state index is 13.0. The molecule has 16 heteroatoms. The van der Waals surface area contributed by atoms with Crippen LogP contribution in [0.5, 0.6) is 0 Å². The molecule has 0 bridgehead atoms. The highest BCUT2D eigenvalue weighted by Crippen LogP contribution is 2.26. The number of amides is 3. The van der Waals surface area contributed by atoms with Crippen LogP contribution in [0.3, 0.4) is 0 Å². The summed E-state index contributed by atoms with van der Waals surface area (Å²) < 4.78 is 1.88. The van der Waals surface area contributed by atoms with E-state index in [9.17, 15) is 24.0 Å². The van der Waals surface area contributed by atoms with E-state index in [0.717, 1.165) is 105 Å². The largest absolute Gasteiger partial charge is 0.378 e. The Bertz CT molecular complexity index is 2500. The second-order valence-corrected chi connectivity index (χ2v) is 17.7. The number of carbonyl (C=O) groups is 5. The Hall–Kier alpha value is -6.65. The summed E-state index contributed by atoms with van der Waals surface area (Å²) in [5, 5.41) is 14.0. The first-order valence-corrected chi connectivity index (χ1v) is 23.5. The first-order chi connectivity index (χ1) is 32.5. The monoisotopic (exact) mass is 910 g/mol. The number of likely N-dealkylation sites (N-methyl/N-ethyl adjacent to an activating group) is 1. The zero-order valence-corrected chi connectivity index (χ0v) is 39.2. The number of nitrogens with zero attached hydrogens (tertiary/aromatic N) is 9. The van der Waals surface area contributed by atoms with Crippen molar-refractivity contribution in [3.63, 3.8) is 0 Å². The number of Topliss-reactive ketones (excluding diaryl/α,β-unsaturated/α-hetero) is 1. The number of ketones is 1. The quantitative estimate of drug-likeness (QED) is 0.0686. The molecule has 2 aromatic heterocycles. The van der Waals surface area contributed by atoms with Crippen molar-refractivity contribution in [3.05, 3.63) is 119 Å². The molecule has 5 aromatic rings. The van der Waals surface area contributed by atoms with Crippen LogP contribution in [0.2, 0.25) is 0 Å². The normalized spacial score (nSPS) is 16.9. The van der Waals surface area contributed by atoms with Crippen molar-refractivity contribution >= 4 is 41.2 Å². The molecular weight excluding hydrogens is 847 g/mol. The Balaban J connectivity index is 0.000000242. The molecule has 16 nitrogen and oxygen atoms in total. The third kappa shape index (κ3) is 12.8. The zero-order chi connectivity index (χ0) is 47.3. The number of benzene rings is 3. The molecule has 0 saturated carbocycles. The lowest BCUT2D eigenvalue weighted by Crippen LogP contribution is -2.51. The predicted octanol–water partition coefficient (Wildman–Crippen LogP) is 5.84. The number of piperidine rings is 2. The minimum Gasteiger partial charge on any atom is -0.378 e. The highest BCUT2D eigenvalue weighted by atomic mass is 16.2. The van der Waals surface area contributed by atoms with Crippen LogP contribution in [0.15, 0.2) is 85.3 Å². The Labute approximate surface area is 393 Å². The lowest BCUT2D eigenvalue weighted by molar-refractivity contribution is -0.137. The molecule has 1 atom stereocenters. The number of rotatable bonds is 16. The summed E-state index contributed by atoms with van der Waals surface area (Å²) >= 11 is 0. The minimum absolute atomic E-state index is 0.0401. The third-order valence-corrected chi connectivity index (χ3v) is 13.2. The Morgan fingerprint density at radius 2 is 1.69 bits per heavy atom. The fourth-order valence-electron chi connectivity index (χ4n) is 9.08. The fraction of sp³-hybridized carbons (Fsp3) is 0.431. The van der Waals surface area contributed by atoms with Gasteiger partial charge >= 0.3 is 0 Å². The van der Waals surface area contributed by atoms with Gasteiger partial charge in [-0.25, -0.2) is 9.97 Å². The smallest absolute Gasteiger partial charge is 0.253 e. The van der Waals surface area contributed by atoms with E-state index in [1.54, 1.807) is 25.3 Å². The lowest BCUT2D eigenvalue weighted by atomic mass is 9.91. The molecule has 1 unspecified atom stereocenters. The number of nitrogens with one attached hydrogen (secondary N) is 2. The predicted molar refractivity (Wildman–Crippen MR) is 258 cm³/mol. The van der Waals surface area contributed by atoms with Crippen molar-refractivity contribution in [1.82, 2.24) is 44.7 Å². The molecule has 5 heterocycles. The first kappa shape index (κ1) is 48.3. The van der Waals surface area contributed by atoms with E-state index in [1.165, 1.54) is 24.7 Å². The highest BCUT2D eigenvalue weighted by Gasteiger charge is 2.30. The maximum Gasteiger partial charge on any atom is 0.253 e. The average Bonchev–Trinajstić information content (AvgIpc) is 3.73. The second-order valence-electron chi connectivity index (χ2n) is 17.7. The number of piperazine rings is 1. The summed E-state index contributed by atoms with van der Waals surface area (Å²) in [5.41, 5.74) is 6.92. The van der Waals surface area contributed by atoms with Gasteiger partial charge in [-0.2, -0.15) is 0 Å². The van der Waals surface area contributed by atoms with Crippen LogP contribution in [-0.2, 0) is 36.1 Å². The molecule has 3 amide bonds. The Morgan fingerprint density at radius 1 is 0.910 bits per heavy atom. The average molecular weight is 910 g/mol. The van der Waals surface area contributed by atoms with Gasteiger partial charge in [0.05, 0.1) is 12.6 Å². The van der Waals surface area contributed by atoms with Crippen LogP contribution in [0.1, 0.15) is 100 Å². The van der Waals surface area contributed by atoms with Crippen molar-refractivity contribution in [3.8, 4) is 11.5 Å². The van der Waals surface area contributed by atoms with Gasteiger partial charge in [-0.1, -0.05) is 31.2 Å². The molecule has 3 aliphatic heterocycles. The number of anilines is 2. The molecule has 8 rings (SSSR count). The van der Waals surface area contributed by atoms with Gasteiger partial charge in [0.1, 0.15) is 18.3 Å². The van der Waals surface area contributed by atoms with E-state index < -0.39 is 0 Å². The molecule has 67 heavy (non-hydrogen) atoms. The molecular formula is C51H63N11O5. The first-order valence-electron chi connectivity index (χ1n) is 23.5. The van der Waals surface area contributed by atoms with Crippen molar-refractivity contribution in [1.29, 1.82) is 0 Å². The van der Waals surface area contributed by atoms with Crippen LogP contribution < -0.4 is 15.5 Å². The Morgan fingerprint density at radius 3 is 2.40 bits per heavy atom. The Kier molecular flexibility index (Phi) is 16.7. The molecule has 3 aromatic carbocycles. The molecule has 3 saturated heterocycles. The van der Waals surface area contributed by atoms with Crippen LogP contribution in [0.4, 0.5) is 11.4 Å². The summed E-state index contributed by atoms with van der Waals surface area (Å²) in [6.07, 6.45) is 10.4. The number of carbonyl (C=O) groups excluding carboxylic acids is 5. The molecule has 2 N–H and O–H groups in total. The summed E-state index contributed by atoms with van der Waals surface area (Å²) in [7, 11) is 3.76. The summed E-state index contributed by atoms with van der Waals surface area (Å²) in [6, 6.07) is 22.8. The van der Waals surface area contributed by atoms with Gasteiger partial charge in [0.15, 0.2) is 17.4 Å². The van der Waals surface area contributed by atoms with E-state index in [0.29, 0.717) is 48.8 Å². The topological polar surface area (TPSA) is 179 Å². The van der Waals surface area contributed by atoms with Gasteiger partial charge in [-0.15, -0.1) is 10.2 Å².